The summed E-state index contributed by atoms with van der Waals surface area (Å²) in [5.41, 5.74) is 0. The average molecular weight is 387 g/mol. The first-order valence-corrected chi connectivity index (χ1v) is 9.32. The van der Waals surface area contributed by atoms with E-state index in [1.165, 1.54) is 0 Å². The number of hydrogen-bond donors (Lipinski definition) is 1. The van der Waals surface area contributed by atoms with Gasteiger partial charge in [-0.1, -0.05) is 15.9 Å². The van der Waals surface area contributed by atoms with E-state index in [9.17, 15) is 30.4 Å². The van der Waals surface area contributed by atoms with Crippen molar-refractivity contribution in [2.24, 2.45) is 0 Å². The molecular formula is C8H13BrF2O6S2. The SMILES string of the molecule is O=C(O)CCC(Br)CC(S(=O)(=O)CF)S(=O)(=O)CF. The Kier molecular flexibility index (Phi) is 7.37. The van der Waals surface area contributed by atoms with Crippen LogP contribution in [-0.2, 0) is 24.5 Å². The highest BCUT2D eigenvalue weighted by Gasteiger charge is 2.39. The summed E-state index contributed by atoms with van der Waals surface area (Å²) in [7, 11) is -9.27. The molecule has 0 saturated carbocycles. The standard InChI is InChI=1S/C8H13BrF2O6S2/c9-6(1-2-7(12)13)3-8(18(14,15)4-10)19(16,17)5-11/h6,8H,1-5H2,(H,12,13). The smallest absolute Gasteiger partial charge is 0.303 e. The number of hydrogen-bond acceptors (Lipinski definition) is 5. The summed E-state index contributed by atoms with van der Waals surface area (Å²) < 4.78 is 67.8. The second-order valence-electron chi connectivity index (χ2n) is 3.74. The first kappa shape index (κ1) is 18.7. The van der Waals surface area contributed by atoms with E-state index in [0.717, 1.165) is 0 Å². The van der Waals surface area contributed by atoms with Gasteiger partial charge < -0.3 is 5.11 Å². The van der Waals surface area contributed by atoms with Gasteiger partial charge in [0.2, 0.25) is 0 Å². The highest BCUT2D eigenvalue weighted by atomic mass is 79.9. The van der Waals surface area contributed by atoms with E-state index in [1.807, 2.05) is 0 Å². The molecule has 0 aliphatic heterocycles. The van der Waals surface area contributed by atoms with Crippen LogP contribution in [-0.4, -0.2) is 49.3 Å². The Bertz CT molecular complexity index is 469. The van der Waals surface area contributed by atoms with Gasteiger partial charge in [-0.05, 0) is 12.8 Å². The number of sulfone groups is 2. The fourth-order valence-corrected chi connectivity index (χ4v) is 5.79. The highest BCUT2D eigenvalue weighted by molar-refractivity contribution is 9.09. The molecule has 0 rings (SSSR count). The summed E-state index contributed by atoms with van der Waals surface area (Å²) in [6.07, 6.45) is -0.991. The van der Waals surface area contributed by atoms with Crippen molar-refractivity contribution in [2.45, 2.75) is 28.7 Å². The quantitative estimate of drug-likeness (QED) is 0.592. The lowest BCUT2D eigenvalue weighted by atomic mass is 10.2. The second kappa shape index (κ2) is 7.48. The summed E-state index contributed by atoms with van der Waals surface area (Å²) >= 11 is 2.91. The number of alkyl halides is 3. The maximum Gasteiger partial charge on any atom is 0.303 e. The lowest BCUT2D eigenvalue weighted by Crippen LogP contribution is -2.34. The van der Waals surface area contributed by atoms with Crippen LogP contribution in [0.2, 0.25) is 0 Å². The molecule has 0 radical (unpaired) electrons. The third-order valence-electron chi connectivity index (χ3n) is 2.22. The van der Waals surface area contributed by atoms with Gasteiger partial charge in [-0.15, -0.1) is 0 Å². The minimum Gasteiger partial charge on any atom is -0.481 e. The molecule has 19 heavy (non-hydrogen) atoms. The molecule has 0 aromatic heterocycles. The van der Waals surface area contributed by atoms with Gasteiger partial charge >= 0.3 is 5.97 Å². The molecular weight excluding hydrogens is 374 g/mol. The first-order chi connectivity index (χ1) is 8.56. The monoisotopic (exact) mass is 386 g/mol. The lowest BCUT2D eigenvalue weighted by Gasteiger charge is -2.17. The summed E-state index contributed by atoms with van der Waals surface area (Å²) in [5.74, 6) is -1.15. The van der Waals surface area contributed by atoms with E-state index < -0.39 is 53.5 Å². The van der Waals surface area contributed by atoms with E-state index in [0.29, 0.717) is 0 Å². The van der Waals surface area contributed by atoms with Crippen molar-refractivity contribution in [3.05, 3.63) is 0 Å². The van der Waals surface area contributed by atoms with E-state index in [-0.39, 0.29) is 12.8 Å². The first-order valence-electron chi connectivity index (χ1n) is 4.97. The zero-order valence-electron chi connectivity index (χ0n) is 9.63. The van der Waals surface area contributed by atoms with Crippen molar-refractivity contribution in [1.29, 1.82) is 0 Å². The molecule has 0 saturated heterocycles. The van der Waals surface area contributed by atoms with Crippen LogP contribution in [0, 0.1) is 0 Å². The van der Waals surface area contributed by atoms with Gasteiger partial charge in [0.1, 0.15) is 0 Å². The second-order valence-corrected chi connectivity index (χ2v) is 9.56. The van der Waals surface area contributed by atoms with Gasteiger partial charge in [0.05, 0.1) is 0 Å². The van der Waals surface area contributed by atoms with Gasteiger partial charge in [-0.3, -0.25) is 4.79 Å². The third kappa shape index (κ3) is 6.13. The number of aliphatic carboxylic acids is 1. The number of carbonyl (C=O) groups is 1. The molecule has 0 bridgehead atoms. The van der Waals surface area contributed by atoms with Gasteiger partial charge in [0, 0.05) is 11.2 Å². The molecule has 0 amide bonds. The van der Waals surface area contributed by atoms with Crippen LogP contribution in [0.15, 0.2) is 0 Å². The fraction of sp³-hybridized carbons (Fsp3) is 0.875. The Morgan fingerprint density at radius 2 is 1.53 bits per heavy atom. The average Bonchev–Trinajstić information content (AvgIpc) is 2.32. The molecule has 1 N–H and O–H groups in total. The molecule has 0 aliphatic rings. The summed E-state index contributed by atoms with van der Waals surface area (Å²) in [6, 6.07) is -3.84. The Balaban J connectivity index is 5.05. The topological polar surface area (TPSA) is 106 Å². The Morgan fingerprint density at radius 1 is 1.11 bits per heavy atom. The van der Waals surface area contributed by atoms with E-state index in [4.69, 9.17) is 5.11 Å². The minimum absolute atomic E-state index is 0.0601. The normalized spacial score (nSPS) is 14.5. The maximum absolute atomic E-state index is 12.4. The summed E-state index contributed by atoms with van der Waals surface area (Å²) in [5, 5.41) is 8.43. The van der Waals surface area contributed by atoms with Crippen LogP contribution in [0.25, 0.3) is 0 Å². The van der Waals surface area contributed by atoms with Gasteiger partial charge in [-0.2, -0.15) is 0 Å². The predicted molar refractivity (Wildman–Crippen MR) is 67.8 cm³/mol. The van der Waals surface area contributed by atoms with Gasteiger partial charge in [-0.25, -0.2) is 25.6 Å². The van der Waals surface area contributed by atoms with Crippen LogP contribution in [0.1, 0.15) is 19.3 Å². The maximum atomic E-state index is 12.4. The van der Waals surface area contributed by atoms with Crippen LogP contribution < -0.4 is 0 Å². The highest BCUT2D eigenvalue weighted by Crippen LogP contribution is 2.24. The largest absolute Gasteiger partial charge is 0.481 e. The Morgan fingerprint density at radius 3 is 1.84 bits per heavy atom. The van der Waals surface area contributed by atoms with Crippen LogP contribution in [0.4, 0.5) is 8.78 Å². The van der Waals surface area contributed by atoms with Gasteiger partial charge in [0.15, 0.2) is 36.3 Å². The molecule has 11 heteroatoms. The molecule has 0 aromatic rings. The molecule has 0 heterocycles. The molecule has 0 spiro atoms. The number of carboxylic acids is 1. The molecule has 114 valence electrons. The van der Waals surface area contributed by atoms with E-state index in [2.05, 4.69) is 15.9 Å². The number of rotatable bonds is 9. The number of halogens is 3. The number of carboxylic acid groups (broad SMARTS) is 1. The lowest BCUT2D eigenvalue weighted by molar-refractivity contribution is -0.137. The molecule has 0 aromatic carbocycles. The van der Waals surface area contributed by atoms with Crippen molar-refractivity contribution in [1.82, 2.24) is 0 Å². The summed E-state index contributed by atoms with van der Waals surface area (Å²) in [6.45, 7) is 0. The van der Waals surface area contributed by atoms with Crippen LogP contribution in [0.5, 0.6) is 0 Å². The van der Waals surface area contributed by atoms with Crippen LogP contribution in [0.3, 0.4) is 0 Å². The molecule has 6 nitrogen and oxygen atoms in total. The zero-order chi connectivity index (χ0) is 15.3. The van der Waals surface area contributed by atoms with Crippen molar-refractivity contribution in [2.75, 3.05) is 12.0 Å². The van der Waals surface area contributed by atoms with E-state index >= 15 is 0 Å². The minimum atomic E-state index is -4.64. The third-order valence-corrected chi connectivity index (χ3v) is 7.41. The zero-order valence-corrected chi connectivity index (χ0v) is 12.8. The Labute approximate surface area is 118 Å². The van der Waals surface area contributed by atoms with E-state index in [1.54, 1.807) is 0 Å². The molecule has 1 atom stereocenters. The fourth-order valence-electron chi connectivity index (χ4n) is 1.26. The van der Waals surface area contributed by atoms with Crippen molar-refractivity contribution >= 4 is 41.6 Å². The Hall–Kier alpha value is -0.290. The van der Waals surface area contributed by atoms with Crippen LogP contribution >= 0.6 is 15.9 Å². The predicted octanol–water partition coefficient (Wildman–Crippen LogP) is 1.01. The van der Waals surface area contributed by atoms with Gasteiger partial charge in [0.25, 0.3) is 0 Å². The molecule has 0 fully saturated rings. The molecule has 0 aliphatic carbocycles. The molecule has 1 unspecified atom stereocenters. The van der Waals surface area contributed by atoms with Crippen molar-refractivity contribution in [3.63, 3.8) is 0 Å². The summed E-state index contributed by atoms with van der Waals surface area (Å²) in [4.78, 5) is 9.52. The van der Waals surface area contributed by atoms with Crippen molar-refractivity contribution in [3.8, 4) is 0 Å². The van der Waals surface area contributed by atoms with Crippen molar-refractivity contribution < 1.29 is 35.5 Å².